The van der Waals surface area contributed by atoms with Crippen molar-refractivity contribution in [2.24, 2.45) is 5.10 Å². The van der Waals surface area contributed by atoms with E-state index in [0.29, 0.717) is 5.69 Å². The van der Waals surface area contributed by atoms with Crippen molar-refractivity contribution in [2.75, 3.05) is 5.43 Å². The molecule has 1 heterocycles. The molecular formula is C7H7N3O2. The summed E-state index contributed by atoms with van der Waals surface area (Å²) in [6.45, 7) is 0. The molecule has 0 radical (unpaired) electrons. The lowest BCUT2D eigenvalue weighted by molar-refractivity contribution is -0.128. The molecule has 5 nitrogen and oxygen atoms in total. The van der Waals surface area contributed by atoms with Gasteiger partial charge in [-0.15, -0.1) is 0 Å². The molecule has 0 saturated carbocycles. The molecule has 0 saturated heterocycles. The van der Waals surface area contributed by atoms with E-state index >= 15 is 0 Å². The van der Waals surface area contributed by atoms with Gasteiger partial charge in [0.25, 0.3) is 0 Å². The summed E-state index contributed by atoms with van der Waals surface area (Å²) < 4.78 is 0. The maximum absolute atomic E-state index is 9.98. The SMILES string of the molecule is O=C(O)/C=N\Nc1cccnc1. The predicted molar refractivity (Wildman–Crippen MR) is 44.0 cm³/mol. The minimum absolute atomic E-state index is 0.648. The molecule has 0 bridgehead atoms. The Morgan fingerprint density at radius 1 is 1.75 bits per heavy atom. The lowest BCUT2D eigenvalue weighted by Crippen LogP contribution is -1.98. The topological polar surface area (TPSA) is 74.6 Å². The van der Waals surface area contributed by atoms with Crippen molar-refractivity contribution in [1.29, 1.82) is 0 Å². The molecule has 0 aromatic carbocycles. The van der Waals surface area contributed by atoms with E-state index in [9.17, 15) is 4.79 Å². The maximum Gasteiger partial charge on any atom is 0.348 e. The number of hydrazone groups is 1. The summed E-state index contributed by atoms with van der Waals surface area (Å²) in [6, 6.07) is 3.45. The summed E-state index contributed by atoms with van der Waals surface area (Å²) in [7, 11) is 0. The summed E-state index contributed by atoms with van der Waals surface area (Å²) in [5.74, 6) is -1.09. The third kappa shape index (κ3) is 2.78. The van der Waals surface area contributed by atoms with Gasteiger partial charge in [0.2, 0.25) is 0 Å². The van der Waals surface area contributed by atoms with Gasteiger partial charge in [-0.1, -0.05) is 0 Å². The monoisotopic (exact) mass is 165 g/mol. The number of aromatic nitrogens is 1. The molecule has 0 fully saturated rings. The van der Waals surface area contributed by atoms with Crippen LogP contribution in [-0.4, -0.2) is 22.3 Å². The zero-order valence-electron chi connectivity index (χ0n) is 6.14. The zero-order chi connectivity index (χ0) is 8.81. The second-order valence-corrected chi connectivity index (χ2v) is 1.95. The van der Waals surface area contributed by atoms with Gasteiger partial charge >= 0.3 is 5.97 Å². The molecular weight excluding hydrogens is 158 g/mol. The summed E-state index contributed by atoms with van der Waals surface area (Å²) in [5.41, 5.74) is 3.15. The van der Waals surface area contributed by atoms with Gasteiger partial charge in [0, 0.05) is 6.20 Å². The molecule has 1 aromatic heterocycles. The fraction of sp³-hybridized carbons (Fsp3) is 0. The fourth-order valence-electron chi connectivity index (χ4n) is 0.591. The van der Waals surface area contributed by atoms with Crippen LogP contribution in [0.1, 0.15) is 0 Å². The van der Waals surface area contributed by atoms with Crippen molar-refractivity contribution < 1.29 is 9.90 Å². The highest BCUT2D eigenvalue weighted by Gasteiger charge is 1.87. The Morgan fingerprint density at radius 2 is 2.58 bits per heavy atom. The van der Waals surface area contributed by atoms with E-state index in [-0.39, 0.29) is 0 Å². The largest absolute Gasteiger partial charge is 0.477 e. The van der Waals surface area contributed by atoms with Crippen LogP contribution in [0.3, 0.4) is 0 Å². The molecule has 0 aliphatic carbocycles. The minimum Gasteiger partial charge on any atom is -0.477 e. The molecule has 0 aliphatic heterocycles. The molecule has 2 N–H and O–H groups in total. The number of rotatable bonds is 3. The van der Waals surface area contributed by atoms with E-state index in [2.05, 4.69) is 15.5 Å². The Balaban J connectivity index is 2.49. The number of hydrogen-bond acceptors (Lipinski definition) is 4. The second-order valence-electron chi connectivity index (χ2n) is 1.95. The van der Waals surface area contributed by atoms with Crippen LogP contribution in [-0.2, 0) is 4.79 Å². The number of nitrogens with one attached hydrogen (secondary N) is 1. The van der Waals surface area contributed by atoms with Crippen molar-refractivity contribution >= 4 is 17.9 Å². The van der Waals surface area contributed by atoms with Crippen LogP contribution in [0.25, 0.3) is 0 Å². The molecule has 12 heavy (non-hydrogen) atoms. The van der Waals surface area contributed by atoms with Crippen molar-refractivity contribution in [3.63, 3.8) is 0 Å². The lowest BCUT2D eigenvalue weighted by atomic mass is 10.4. The highest BCUT2D eigenvalue weighted by molar-refractivity contribution is 6.22. The summed E-state index contributed by atoms with van der Waals surface area (Å²) in [4.78, 5) is 13.8. The lowest BCUT2D eigenvalue weighted by Gasteiger charge is -1.95. The van der Waals surface area contributed by atoms with E-state index in [0.717, 1.165) is 6.21 Å². The van der Waals surface area contributed by atoms with Gasteiger partial charge in [-0.05, 0) is 12.1 Å². The number of carboxylic acids is 1. The van der Waals surface area contributed by atoms with Crippen LogP contribution >= 0.6 is 0 Å². The van der Waals surface area contributed by atoms with E-state index in [4.69, 9.17) is 5.11 Å². The zero-order valence-corrected chi connectivity index (χ0v) is 6.14. The van der Waals surface area contributed by atoms with Crippen LogP contribution in [0, 0.1) is 0 Å². The van der Waals surface area contributed by atoms with Crippen molar-refractivity contribution in [3.8, 4) is 0 Å². The molecule has 1 rings (SSSR count). The first kappa shape index (κ1) is 8.19. The van der Waals surface area contributed by atoms with E-state index in [1.54, 1.807) is 24.5 Å². The number of nitrogens with zero attached hydrogens (tertiary/aromatic N) is 2. The molecule has 0 unspecified atom stereocenters. The van der Waals surface area contributed by atoms with E-state index < -0.39 is 5.97 Å². The number of carbonyl (C=O) groups is 1. The van der Waals surface area contributed by atoms with E-state index in [1.165, 1.54) is 0 Å². The Labute approximate surface area is 68.8 Å². The molecule has 0 aliphatic rings. The van der Waals surface area contributed by atoms with Gasteiger partial charge in [0.1, 0.15) is 6.21 Å². The van der Waals surface area contributed by atoms with Crippen LogP contribution in [0.15, 0.2) is 29.6 Å². The highest BCUT2D eigenvalue weighted by Crippen LogP contribution is 2.00. The Kier molecular flexibility index (Phi) is 2.78. The van der Waals surface area contributed by atoms with Gasteiger partial charge in [0.15, 0.2) is 0 Å². The maximum atomic E-state index is 9.98. The Hall–Kier alpha value is -1.91. The van der Waals surface area contributed by atoms with Gasteiger partial charge in [-0.25, -0.2) is 4.79 Å². The van der Waals surface area contributed by atoms with Gasteiger partial charge in [-0.2, -0.15) is 5.10 Å². The van der Waals surface area contributed by atoms with Crippen molar-refractivity contribution in [2.45, 2.75) is 0 Å². The number of aliphatic carboxylic acids is 1. The third-order valence-electron chi connectivity index (χ3n) is 1.03. The molecule has 0 spiro atoms. The summed E-state index contributed by atoms with van der Waals surface area (Å²) in [6.07, 6.45) is 3.93. The number of hydrogen-bond donors (Lipinski definition) is 2. The Morgan fingerprint density at radius 3 is 3.17 bits per heavy atom. The number of carboxylic acid groups (broad SMARTS) is 1. The molecule has 5 heteroatoms. The standard InChI is InChI=1S/C7H7N3O2/c11-7(12)5-9-10-6-2-1-3-8-4-6/h1-5,10H,(H,11,12)/b9-5-. The normalized spacial score (nSPS) is 10.0. The van der Waals surface area contributed by atoms with Gasteiger partial charge in [-0.3, -0.25) is 10.4 Å². The average molecular weight is 165 g/mol. The highest BCUT2D eigenvalue weighted by atomic mass is 16.4. The Bertz CT molecular complexity index is 284. The van der Waals surface area contributed by atoms with E-state index in [1.807, 2.05) is 0 Å². The van der Waals surface area contributed by atoms with Crippen molar-refractivity contribution in [1.82, 2.24) is 4.98 Å². The van der Waals surface area contributed by atoms with Crippen LogP contribution in [0.5, 0.6) is 0 Å². The number of pyridine rings is 1. The molecule has 1 aromatic rings. The molecule has 62 valence electrons. The quantitative estimate of drug-likeness (QED) is 0.507. The van der Waals surface area contributed by atoms with Crippen LogP contribution < -0.4 is 5.43 Å². The van der Waals surface area contributed by atoms with Crippen molar-refractivity contribution in [3.05, 3.63) is 24.5 Å². The molecule has 0 amide bonds. The predicted octanol–water partition coefficient (Wildman–Crippen LogP) is 0.564. The van der Waals surface area contributed by atoms with Gasteiger partial charge < -0.3 is 5.11 Å². The fourth-order valence-corrected chi connectivity index (χ4v) is 0.591. The number of anilines is 1. The third-order valence-corrected chi connectivity index (χ3v) is 1.03. The molecule has 0 atom stereocenters. The summed E-state index contributed by atoms with van der Waals surface area (Å²) >= 11 is 0. The first-order valence-corrected chi connectivity index (χ1v) is 3.21. The first-order valence-electron chi connectivity index (χ1n) is 3.21. The minimum atomic E-state index is -1.09. The smallest absolute Gasteiger partial charge is 0.348 e. The van der Waals surface area contributed by atoms with Crippen LogP contribution in [0.4, 0.5) is 5.69 Å². The average Bonchev–Trinajstić information content (AvgIpc) is 2.05. The summed E-state index contributed by atoms with van der Waals surface area (Å²) in [5, 5.41) is 11.6. The first-order chi connectivity index (χ1) is 5.79. The van der Waals surface area contributed by atoms with Crippen LogP contribution in [0.2, 0.25) is 0 Å². The second kappa shape index (κ2) is 4.07. The van der Waals surface area contributed by atoms with Gasteiger partial charge in [0.05, 0.1) is 11.9 Å².